The van der Waals surface area contributed by atoms with Crippen LogP contribution in [0.25, 0.3) is 0 Å². The summed E-state index contributed by atoms with van der Waals surface area (Å²) in [5, 5.41) is 0. The van der Waals surface area contributed by atoms with Crippen LogP contribution in [0.15, 0.2) is 51.8 Å². The van der Waals surface area contributed by atoms with E-state index in [1.165, 1.54) is 17.9 Å². The number of halogens is 1. The number of sulfonamides is 1. The van der Waals surface area contributed by atoms with Gasteiger partial charge in [-0.2, -0.15) is 4.31 Å². The van der Waals surface area contributed by atoms with E-state index < -0.39 is 34.9 Å². The van der Waals surface area contributed by atoms with E-state index in [4.69, 9.17) is 0 Å². The van der Waals surface area contributed by atoms with Crippen LogP contribution in [-0.2, 0) is 37.2 Å². The highest BCUT2D eigenvalue weighted by Crippen LogP contribution is 2.39. The summed E-state index contributed by atoms with van der Waals surface area (Å²) in [5.74, 6) is -1.38. The van der Waals surface area contributed by atoms with Gasteiger partial charge in [-0.1, -0.05) is 46.3 Å². The van der Waals surface area contributed by atoms with Gasteiger partial charge in [-0.3, -0.25) is 19.3 Å². The second-order valence-electron chi connectivity index (χ2n) is 7.78. The molecule has 8 nitrogen and oxygen atoms in total. The Morgan fingerprint density at radius 1 is 1.06 bits per heavy atom. The molecule has 2 heterocycles. The molecule has 0 atom stereocenters. The van der Waals surface area contributed by atoms with E-state index in [1.807, 2.05) is 30.3 Å². The van der Waals surface area contributed by atoms with Gasteiger partial charge >= 0.3 is 0 Å². The van der Waals surface area contributed by atoms with Crippen molar-refractivity contribution in [3.8, 4) is 0 Å². The lowest BCUT2D eigenvalue weighted by Gasteiger charge is -2.32. The second-order valence-corrected chi connectivity index (χ2v) is 10.6. The molecule has 0 saturated carbocycles. The van der Waals surface area contributed by atoms with Crippen molar-refractivity contribution in [3.63, 3.8) is 0 Å². The minimum absolute atomic E-state index is 0.0760. The summed E-state index contributed by atoms with van der Waals surface area (Å²) in [7, 11) is -4.19. The van der Waals surface area contributed by atoms with E-state index >= 15 is 0 Å². The Morgan fingerprint density at radius 3 is 2.34 bits per heavy atom. The van der Waals surface area contributed by atoms with Gasteiger partial charge in [-0.25, -0.2) is 8.42 Å². The molecule has 2 aromatic rings. The topological polar surface area (TPSA) is 95.1 Å². The van der Waals surface area contributed by atoms with Gasteiger partial charge in [0.25, 0.3) is 0 Å². The number of rotatable bonds is 5. The zero-order valence-electron chi connectivity index (χ0n) is 17.5. The molecule has 0 unspecified atom stereocenters. The SMILES string of the molecule is CC(=O)N1CCc2cc(Br)cc(S(=O)(=O)N3CC(=O)N(CCc4ccccc4)C(=O)C3)c21. The highest BCUT2D eigenvalue weighted by Gasteiger charge is 2.40. The first-order valence-corrected chi connectivity index (χ1v) is 12.4. The van der Waals surface area contributed by atoms with Crippen LogP contribution in [0.3, 0.4) is 0 Å². The first kappa shape index (κ1) is 22.6. The molecule has 2 aliphatic rings. The van der Waals surface area contributed by atoms with Gasteiger partial charge in [-0.05, 0) is 36.1 Å². The zero-order chi connectivity index (χ0) is 23.0. The Hall–Kier alpha value is -2.56. The largest absolute Gasteiger partial charge is 0.311 e. The van der Waals surface area contributed by atoms with Crippen LogP contribution in [0.1, 0.15) is 18.1 Å². The van der Waals surface area contributed by atoms with Crippen molar-refractivity contribution in [2.75, 3.05) is 31.1 Å². The van der Waals surface area contributed by atoms with Crippen LogP contribution in [0.5, 0.6) is 0 Å². The number of fused-ring (bicyclic) bond motifs is 1. The predicted molar refractivity (Wildman–Crippen MR) is 121 cm³/mol. The molecule has 1 saturated heterocycles. The monoisotopic (exact) mass is 519 g/mol. The molecule has 1 fully saturated rings. The number of imide groups is 1. The average molecular weight is 520 g/mol. The molecular formula is C22H22BrN3O5S. The summed E-state index contributed by atoms with van der Waals surface area (Å²) in [6.45, 7) is 1.11. The zero-order valence-corrected chi connectivity index (χ0v) is 19.9. The number of hydrogen-bond donors (Lipinski definition) is 0. The molecule has 168 valence electrons. The number of piperazine rings is 1. The van der Waals surface area contributed by atoms with Gasteiger partial charge in [0, 0.05) is 24.5 Å². The average Bonchev–Trinajstić information content (AvgIpc) is 3.17. The fraction of sp³-hybridized carbons (Fsp3) is 0.318. The predicted octanol–water partition coefficient (Wildman–Crippen LogP) is 1.96. The van der Waals surface area contributed by atoms with E-state index in [9.17, 15) is 22.8 Å². The van der Waals surface area contributed by atoms with Crippen molar-refractivity contribution in [2.45, 2.75) is 24.7 Å². The molecule has 4 rings (SSSR count). The van der Waals surface area contributed by atoms with Gasteiger partial charge in [0.05, 0.1) is 18.8 Å². The number of anilines is 1. The summed E-state index contributed by atoms with van der Waals surface area (Å²) < 4.78 is 28.4. The van der Waals surface area contributed by atoms with Crippen LogP contribution in [0.4, 0.5) is 5.69 Å². The maximum absolute atomic E-state index is 13.5. The number of carbonyl (C=O) groups excluding carboxylic acids is 3. The van der Waals surface area contributed by atoms with Crippen molar-refractivity contribution in [2.24, 2.45) is 0 Å². The molecule has 2 aliphatic heterocycles. The van der Waals surface area contributed by atoms with Crippen molar-refractivity contribution in [1.29, 1.82) is 0 Å². The molecule has 2 aromatic carbocycles. The van der Waals surface area contributed by atoms with E-state index in [-0.39, 0.29) is 17.3 Å². The highest BCUT2D eigenvalue weighted by atomic mass is 79.9. The van der Waals surface area contributed by atoms with Crippen LogP contribution in [-0.4, -0.2) is 61.5 Å². The molecular weight excluding hydrogens is 498 g/mol. The van der Waals surface area contributed by atoms with Crippen molar-refractivity contribution < 1.29 is 22.8 Å². The Morgan fingerprint density at radius 2 is 1.72 bits per heavy atom. The summed E-state index contributed by atoms with van der Waals surface area (Å²) in [4.78, 5) is 40.0. The Bertz CT molecular complexity index is 1180. The third-order valence-corrected chi connectivity index (χ3v) is 7.95. The highest BCUT2D eigenvalue weighted by molar-refractivity contribution is 9.10. The summed E-state index contributed by atoms with van der Waals surface area (Å²) >= 11 is 3.34. The first-order chi connectivity index (χ1) is 15.2. The van der Waals surface area contributed by atoms with Crippen molar-refractivity contribution in [1.82, 2.24) is 9.21 Å². The third-order valence-electron chi connectivity index (χ3n) is 5.68. The maximum Gasteiger partial charge on any atom is 0.246 e. The molecule has 0 aromatic heterocycles. The lowest BCUT2D eigenvalue weighted by Crippen LogP contribution is -2.55. The lowest BCUT2D eigenvalue weighted by molar-refractivity contribution is -0.149. The van der Waals surface area contributed by atoms with Gasteiger partial charge < -0.3 is 4.90 Å². The molecule has 3 amide bonds. The number of hydrogen-bond acceptors (Lipinski definition) is 5. The van der Waals surface area contributed by atoms with E-state index in [2.05, 4.69) is 15.9 Å². The first-order valence-electron chi connectivity index (χ1n) is 10.2. The molecule has 32 heavy (non-hydrogen) atoms. The van der Waals surface area contributed by atoms with E-state index in [0.717, 1.165) is 20.3 Å². The summed E-state index contributed by atoms with van der Waals surface area (Å²) in [6, 6.07) is 12.7. The molecule has 10 heteroatoms. The van der Waals surface area contributed by atoms with Crippen molar-refractivity contribution in [3.05, 3.63) is 58.1 Å². The second kappa shape index (κ2) is 8.76. The summed E-state index contributed by atoms with van der Waals surface area (Å²) in [5.41, 5.74) is 2.04. The van der Waals surface area contributed by atoms with Gasteiger partial charge in [0.2, 0.25) is 27.7 Å². The van der Waals surface area contributed by atoms with E-state index in [0.29, 0.717) is 29.5 Å². The third kappa shape index (κ3) is 4.22. The Balaban J connectivity index is 1.58. The van der Waals surface area contributed by atoms with Crippen LogP contribution in [0, 0.1) is 0 Å². The normalized spacial score (nSPS) is 17.1. The fourth-order valence-electron chi connectivity index (χ4n) is 4.09. The van der Waals surface area contributed by atoms with E-state index in [1.54, 1.807) is 6.07 Å². The van der Waals surface area contributed by atoms with Gasteiger partial charge in [0.15, 0.2) is 0 Å². The lowest BCUT2D eigenvalue weighted by atomic mass is 10.1. The maximum atomic E-state index is 13.5. The standard InChI is InChI=1S/C22H22BrN3O5S/c1-15(27)25-10-8-17-11-18(23)12-19(22(17)25)32(30,31)24-13-20(28)26(21(29)14-24)9-7-16-5-3-2-4-6-16/h2-6,11-12H,7-10,13-14H2,1H3. The minimum Gasteiger partial charge on any atom is -0.311 e. The molecule has 0 N–H and O–H groups in total. The molecule has 0 aliphatic carbocycles. The van der Waals surface area contributed by atoms with Crippen LogP contribution in [0.2, 0.25) is 0 Å². The fourth-order valence-corrected chi connectivity index (χ4v) is 6.35. The van der Waals surface area contributed by atoms with Crippen molar-refractivity contribution >= 4 is 49.4 Å². The van der Waals surface area contributed by atoms with Crippen LogP contribution < -0.4 is 4.90 Å². The summed E-state index contributed by atoms with van der Waals surface area (Å²) in [6.07, 6.45) is 1.03. The Kier molecular flexibility index (Phi) is 6.19. The smallest absolute Gasteiger partial charge is 0.246 e. The Labute approximate surface area is 195 Å². The molecule has 0 spiro atoms. The minimum atomic E-state index is -4.19. The quantitative estimate of drug-likeness (QED) is 0.562. The molecule has 0 radical (unpaired) electrons. The number of benzene rings is 2. The number of carbonyl (C=O) groups is 3. The van der Waals surface area contributed by atoms with Gasteiger partial charge in [0.1, 0.15) is 4.90 Å². The number of amides is 3. The molecule has 0 bridgehead atoms. The number of nitrogens with zero attached hydrogens (tertiary/aromatic N) is 3. The van der Waals surface area contributed by atoms with Gasteiger partial charge in [-0.15, -0.1) is 0 Å². The van der Waals surface area contributed by atoms with Crippen LogP contribution >= 0.6 is 15.9 Å².